The summed E-state index contributed by atoms with van der Waals surface area (Å²) >= 11 is 11.9. The number of carbonyl (C=O) groups is 1. The standard InChI is InChI=1S/C14H10Cl2N2O4S/c15-14(16)11-7-10(5-6-12(11)17-13(14)20)23(21,22)18-8-1-3-9(19)4-2-8/h1-7,18-19H,(H,17,20). The van der Waals surface area contributed by atoms with Crippen LogP contribution in [0.1, 0.15) is 5.56 Å². The highest BCUT2D eigenvalue weighted by Crippen LogP contribution is 2.45. The van der Waals surface area contributed by atoms with Gasteiger partial charge in [-0.2, -0.15) is 0 Å². The fourth-order valence-electron chi connectivity index (χ4n) is 2.13. The van der Waals surface area contributed by atoms with Crippen LogP contribution in [-0.4, -0.2) is 19.4 Å². The Morgan fingerprint density at radius 3 is 2.39 bits per heavy atom. The number of anilines is 2. The van der Waals surface area contributed by atoms with Crippen LogP contribution in [-0.2, 0) is 19.2 Å². The molecule has 1 heterocycles. The Kier molecular flexibility index (Phi) is 3.66. The third kappa shape index (κ3) is 2.83. The van der Waals surface area contributed by atoms with E-state index in [1.165, 1.54) is 42.5 Å². The molecule has 0 spiro atoms. The molecule has 0 aliphatic carbocycles. The fraction of sp³-hybridized carbons (Fsp3) is 0.0714. The van der Waals surface area contributed by atoms with Gasteiger partial charge in [-0.05, 0) is 42.5 Å². The molecule has 3 N–H and O–H groups in total. The molecule has 1 aliphatic heterocycles. The van der Waals surface area contributed by atoms with Crippen molar-refractivity contribution in [1.29, 1.82) is 0 Å². The molecule has 0 saturated carbocycles. The molecule has 6 nitrogen and oxygen atoms in total. The van der Waals surface area contributed by atoms with Gasteiger partial charge < -0.3 is 10.4 Å². The molecule has 0 aromatic heterocycles. The number of phenols is 1. The second kappa shape index (κ2) is 5.30. The Morgan fingerprint density at radius 1 is 1.09 bits per heavy atom. The zero-order chi connectivity index (χ0) is 16.8. The van der Waals surface area contributed by atoms with Crippen LogP contribution in [0.15, 0.2) is 47.4 Å². The van der Waals surface area contributed by atoms with Crippen molar-refractivity contribution in [2.75, 3.05) is 10.0 Å². The number of halogens is 2. The van der Waals surface area contributed by atoms with Gasteiger partial charge in [0.2, 0.25) is 4.33 Å². The van der Waals surface area contributed by atoms with E-state index >= 15 is 0 Å². The quantitative estimate of drug-likeness (QED) is 0.570. The number of sulfonamides is 1. The number of alkyl halides is 2. The molecule has 9 heteroatoms. The maximum Gasteiger partial charge on any atom is 0.265 e. The van der Waals surface area contributed by atoms with E-state index in [2.05, 4.69) is 10.0 Å². The predicted octanol–water partition coefficient (Wildman–Crippen LogP) is 2.78. The topological polar surface area (TPSA) is 95.5 Å². The van der Waals surface area contributed by atoms with Crippen LogP contribution in [0, 0.1) is 0 Å². The third-order valence-corrected chi connectivity index (χ3v) is 5.42. The largest absolute Gasteiger partial charge is 0.508 e. The lowest BCUT2D eigenvalue weighted by Gasteiger charge is -2.12. The SMILES string of the molecule is O=C1Nc2ccc(S(=O)(=O)Nc3ccc(O)cc3)cc2C1(Cl)Cl. The van der Waals surface area contributed by atoms with Crippen molar-refractivity contribution >= 4 is 50.5 Å². The molecular formula is C14H10Cl2N2O4S. The van der Waals surface area contributed by atoms with Gasteiger partial charge in [0, 0.05) is 16.9 Å². The predicted molar refractivity (Wildman–Crippen MR) is 87.4 cm³/mol. The van der Waals surface area contributed by atoms with E-state index in [1.807, 2.05) is 0 Å². The van der Waals surface area contributed by atoms with Crippen LogP contribution in [0.3, 0.4) is 0 Å². The number of hydrogen-bond donors (Lipinski definition) is 3. The molecule has 2 aromatic carbocycles. The number of aromatic hydroxyl groups is 1. The van der Waals surface area contributed by atoms with Crippen molar-refractivity contribution < 1.29 is 18.3 Å². The number of amides is 1. The average molecular weight is 373 g/mol. The monoisotopic (exact) mass is 372 g/mol. The van der Waals surface area contributed by atoms with E-state index < -0.39 is 20.3 Å². The van der Waals surface area contributed by atoms with E-state index in [1.54, 1.807) is 0 Å². The van der Waals surface area contributed by atoms with Crippen molar-refractivity contribution in [3.8, 4) is 5.75 Å². The van der Waals surface area contributed by atoms with E-state index in [-0.39, 0.29) is 21.9 Å². The van der Waals surface area contributed by atoms with E-state index in [9.17, 15) is 18.3 Å². The number of carbonyl (C=O) groups excluding carboxylic acids is 1. The van der Waals surface area contributed by atoms with Gasteiger partial charge >= 0.3 is 0 Å². The second-order valence-electron chi connectivity index (χ2n) is 4.89. The minimum atomic E-state index is -3.90. The maximum atomic E-state index is 12.4. The number of phenolic OH excluding ortho intramolecular Hbond substituents is 1. The van der Waals surface area contributed by atoms with Crippen LogP contribution in [0.4, 0.5) is 11.4 Å². The summed E-state index contributed by atoms with van der Waals surface area (Å²) in [5, 5.41) is 11.7. The van der Waals surface area contributed by atoms with E-state index in [0.717, 1.165) is 0 Å². The Labute approximate surface area is 142 Å². The van der Waals surface area contributed by atoms with Gasteiger partial charge in [-0.1, -0.05) is 23.2 Å². The number of benzene rings is 2. The minimum absolute atomic E-state index is 0.0177. The lowest BCUT2D eigenvalue weighted by atomic mass is 10.1. The number of rotatable bonds is 3. The van der Waals surface area contributed by atoms with E-state index in [4.69, 9.17) is 23.2 Å². The fourth-order valence-corrected chi connectivity index (χ4v) is 3.62. The van der Waals surface area contributed by atoms with Gasteiger partial charge in [0.1, 0.15) is 5.75 Å². The first kappa shape index (κ1) is 15.9. The van der Waals surface area contributed by atoms with Crippen LogP contribution < -0.4 is 10.0 Å². The zero-order valence-corrected chi connectivity index (χ0v) is 13.7. The molecule has 0 atom stereocenters. The first-order chi connectivity index (χ1) is 10.7. The molecule has 2 aromatic rings. The molecule has 23 heavy (non-hydrogen) atoms. The van der Waals surface area contributed by atoms with Gasteiger partial charge in [-0.3, -0.25) is 9.52 Å². The van der Waals surface area contributed by atoms with Crippen LogP contribution in [0.5, 0.6) is 5.75 Å². The summed E-state index contributed by atoms with van der Waals surface area (Å²) in [6.07, 6.45) is 0. The summed E-state index contributed by atoms with van der Waals surface area (Å²) in [5.74, 6) is -0.610. The van der Waals surface area contributed by atoms with Crippen molar-refractivity contribution in [1.82, 2.24) is 0 Å². The molecule has 0 unspecified atom stereocenters. The summed E-state index contributed by atoms with van der Waals surface area (Å²) < 4.78 is 25.4. The van der Waals surface area contributed by atoms with Crippen molar-refractivity contribution in [3.05, 3.63) is 48.0 Å². The summed E-state index contributed by atoms with van der Waals surface area (Å²) in [7, 11) is -3.90. The Morgan fingerprint density at radius 2 is 1.74 bits per heavy atom. The molecule has 0 bridgehead atoms. The van der Waals surface area contributed by atoms with Crippen molar-refractivity contribution in [2.24, 2.45) is 0 Å². The molecule has 3 rings (SSSR count). The van der Waals surface area contributed by atoms with Crippen molar-refractivity contribution in [3.63, 3.8) is 0 Å². The normalized spacial score (nSPS) is 15.8. The minimum Gasteiger partial charge on any atom is -0.508 e. The van der Waals surface area contributed by atoms with Crippen molar-refractivity contribution in [2.45, 2.75) is 9.23 Å². The average Bonchev–Trinajstić information content (AvgIpc) is 2.71. The lowest BCUT2D eigenvalue weighted by Crippen LogP contribution is -2.21. The summed E-state index contributed by atoms with van der Waals surface area (Å²) in [6, 6.07) is 9.53. The Balaban J connectivity index is 1.97. The van der Waals surface area contributed by atoms with Gasteiger partial charge in [0.15, 0.2) is 0 Å². The van der Waals surface area contributed by atoms with E-state index in [0.29, 0.717) is 5.69 Å². The summed E-state index contributed by atoms with van der Waals surface area (Å²) in [5.41, 5.74) is 0.823. The number of nitrogens with one attached hydrogen (secondary N) is 2. The van der Waals surface area contributed by atoms with Gasteiger partial charge in [0.05, 0.1) is 4.90 Å². The second-order valence-corrected chi connectivity index (χ2v) is 7.90. The van der Waals surface area contributed by atoms with Gasteiger partial charge in [0.25, 0.3) is 15.9 Å². The molecule has 1 aliphatic rings. The van der Waals surface area contributed by atoms with Gasteiger partial charge in [-0.25, -0.2) is 8.42 Å². The summed E-state index contributed by atoms with van der Waals surface area (Å²) in [4.78, 5) is 11.6. The molecule has 0 fully saturated rings. The van der Waals surface area contributed by atoms with Crippen LogP contribution >= 0.6 is 23.2 Å². The first-order valence-electron chi connectivity index (χ1n) is 6.36. The van der Waals surface area contributed by atoms with Crippen LogP contribution in [0.2, 0.25) is 0 Å². The van der Waals surface area contributed by atoms with Crippen LogP contribution in [0.25, 0.3) is 0 Å². The molecular weight excluding hydrogens is 363 g/mol. The number of fused-ring (bicyclic) bond motifs is 1. The third-order valence-electron chi connectivity index (χ3n) is 3.29. The maximum absolute atomic E-state index is 12.4. The Bertz CT molecular complexity index is 895. The summed E-state index contributed by atoms with van der Waals surface area (Å²) in [6.45, 7) is 0. The highest BCUT2D eigenvalue weighted by Gasteiger charge is 2.44. The van der Waals surface area contributed by atoms with Gasteiger partial charge in [-0.15, -0.1) is 0 Å². The molecule has 0 radical (unpaired) electrons. The first-order valence-corrected chi connectivity index (χ1v) is 8.60. The molecule has 120 valence electrons. The highest BCUT2D eigenvalue weighted by atomic mass is 35.5. The highest BCUT2D eigenvalue weighted by molar-refractivity contribution is 7.92. The lowest BCUT2D eigenvalue weighted by molar-refractivity contribution is -0.116. The zero-order valence-electron chi connectivity index (χ0n) is 11.4. The number of hydrogen-bond acceptors (Lipinski definition) is 4. The Hall–Kier alpha value is -1.96. The smallest absolute Gasteiger partial charge is 0.265 e. The molecule has 1 amide bonds. The molecule has 0 saturated heterocycles.